The van der Waals surface area contributed by atoms with Crippen molar-refractivity contribution in [1.29, 1.82) is 0 Å². The Hall–Kier alpha value is 1.11. The Labute approximate surface area is 192 Å². The molecule has 0 aromatic rings. The summed E-state index contributed by atoms with van der Waals surface area (Å²) in [6, 6.07) is 0. The van der Waals surface area contributed by atoms with Gasteiger partial charge in [-0.05, 0) is 6.42 Å². The molecule has 0 bridgehead atoms. The molecule has 0 fully saturated rings. The molecule has 0 aromatic carbocycles. The summed E-state index contributed by atoms with van der Waals surface area (Å²) in [6.45, 7) is 2.45. The summed E-state index contributed by atoms with van der Waals surface area (Å²) in [7, 11) is -4.26. The minimum absolute atomic E-state index is 0. The Morgan fingerprint density at radius 1 is 0.593 bits per heavy atom. The van der Waals surface area contributed by atoms with Gasteiger partial charge in [-0.25, -0.2) is 4.57 Å². The standard InChI is InChI=1S/C21H45O4P.Na.H/c1-2-3-4-5-6-7-8-9-10-11-12-13-14-15-16-17-18-19-20-21-25-26(22,23)24;;/h2-21H2,1H3,(H2,22,23,24);;/q;+1;-1. The molecule has 0 heterocycles. The summed E-state index contributed by atoms with van der Waals surface area (Å²) in [4.78, 5) is 17.1. The largest absolute Gasteiger partial charge is 1.00 e. The van der Waals surface area contributed by atoms with Crippen molar-refractivity contribution in [3.8, 4) is 0 Å². The Balaban J connectivity index is -0.00000312. The third-order valence-electron chi connectivity index (χ3n) is 5.01. The first kappa shape index (κ1) is 30.3. The molecule has 0 aromatic heterocycles. The zero-order valence-electron chi connectivity index (χ0n) is 19.3. The molecule has 0 saturated heterocycles. The van der Waals surface area contributed by atoms with E-state index in [1.807, 2.05) is 0 Å². The number of hydrogen-bond donors (Lipinski definition) is 2. The number of unbranched alkanes of at least 4 members (excludes halogenated alkanes) is 18. The molecule has 0 amide bonds. The van der Waals surface area contributed by atoms with Crippen molar-refractivity contribution in [2.75, 3.05) is 6.61 Å². The molecule has 0 aliphatic rings. The van der Waals surface area contributed by atoms with Crippen LogP contribution in [-0.2, 0) is 9.09 Å². The second-order valence-electron chi connectivity index (χ2n) is 7.69. The summed E-state index contributed by atoms with van der Waals surface area (Å²) in [5.41, 5.74) is 0. The van der Waals surface area contributed by atoms with Crippen molar-refractivity contribution in [2.24, 2.45) is 0 Å². The fraction of sp³-hybridized carbons (Fsp3) is 1.00. The van der Waals surface area contributed by atoms with Gasteiger partial charge in [-0.2, -0.15) is 0 Å². The fourth-order valence-corrected chi connectivity index (χ4v) is 3.73. The van der Waals surface area contributed by atoms with Crippen molar-refractivity contribution in [2.45, 2.75) is 129 Å². The third kappa shape index (κ3) is 29.4. The fourth-order valence-electron chi connectivity index (χ4n) is 3.36. The van der Waals surface area contributed by atoms with Crippen LogP contribution in [0.3, 0.4) is 0 Å². The van der Waals surface area contributed by atoms with Crippen LogP contribution in [0.1, 0.15) is 130 Å². The van der Waals surface area contributed by atoms with Crippen LogP contribution in [0.4, 0.5) is 0 Å². The molecule has 0 aliphatic carbocycles. The molecule has 2 N–H and O–H groups in total. The molecule has 0 saturated carbocycles. The molecule has 0 rings (SSSR count). The number of rotatable bonds is 21. The molecule has 0 radical (unpaired) electrons. The van der Waals surface area contributed by atoms with E-state index >= 15 is 0 Å². The molecule has 160 valence electrons. The van der Waals surface area contributed by atoms with Crippen molar-refractivity contribution in [1.82, 2.24) is 0 Å². The van der Waals surface area contributed by atoms with Crippen LogP contribution in [0, 0.1) is 0 Å². The monoisotopic (exact) mass is 416 g/mol. The van der Waals surface area contributed by atoms with Crippen molar-refractivity contribution < 1.29 is 49.9 Å². The summed E-state index contributed by atoms with van der Waals surface area (Å²) >= 11 is 0. The molecule has 27 heavy (non-hydrogen) atoms. The Kier molecular flexibility index (Phi) is 26.3. The topological polar surface area (TPSA) is 66.8 Å². The number of phosphoric ester groups is 1. The summed E-state index contributed by atoms with van der Waals surface area (Å²) < 4.78 is 14.9. The molecular formula is C21H46NaO4P. The maximum absolute atomic E-state index is 10.5. The first-order valence-electron chi connectivity index (χ1n) is 11.3. The van der Waals surface area contributed by atoms with E-state index in [9.17, 15) is 4.57 Å². The van der Waals surface area contributed by atoms with Crippen LogP contribution < -0.4 is 29.6 Å². The van der Waals surface area contributed by atoms with Crippen LogP contribution in [0.25, 0.3) is 0 Å². The van der Waals surface area contributed by atoms with E-state index in [2.05, 4.69) is 11.4 Å². The average molecular weight is 417 g/mol. The van der Waals surface area contributed by atoms with Gasteiger partial charge < -0.3 is 11.2 Å². The van der Waals surface area contributed by atoms with Crippen LogP contribution >= 0.6 is 7.82 Å². The summed E-state index contributed by atoms with van der Waals surface area (Å²) in [5.74, 6) is 0. The van der Waals surface area contributed by atoms with Gasteiger partial charge in [-0.1, -0.05) is 122 Å². The molecule has 4 nitrogen and oxygen atoms in total. The van der Waals surface area contributed by atoms with Gasteiger partial charge in [0.05, 0.1) is 6.61 Å². The summed E-state index contributed by atoms with van der Waals surface area (Å²) in [5, 5.41) is 0. The number of hydrogen-bond acceptors (Lipinski definition) is 2. The van der Waals surface area contributed by atoms with Crippen molar-refractivity contribution >= 4 is 7.82 Å². The minimum Gasteiger partial charge on any atom is -1.00 e. The zero-order valence-corrected chi connectivity index (χ0v) is 21.2. The first-order chi connectivity index (χ1) is 12.6. The second kappa shape index (κ2) is 23.4. The SMILES string of the molecule is CCCCCCCCCCCCCCCCCCCCCOP(=O)(O)O.[H-].[Na+]. The first-order valence-corrected chi connectivity index (χ1v) is 12.8. The van der Waals surface area contributed by atoms with Gasteiger partial charge in [0.25, 0.3) is 0 Å². The van der Waals surface area contributed by atoms with Crippen LogP contribution in [0.2, 0.25) is 0 Å². The molecular weight excluding hydrogens is 370 g/mol. The van der Waals surface area contributed by atoms with Gasteiger partial charge >= 0.3 is 37.4 Å². The molecule has 0 unspecified atom stereocenters. The maximum Gasteiger partial charge on any atom is 1.00 e. The van der Waals surface area contributed by atoms with Crippen LogP contribution in [0.5, 0.6) is 0 Å². The Morgan fingerprint density at radius 3 is 1.11 bits per heavy atom. The van der Waals surface area contributed by atoms with E-state index in [0.717, 1.165) is 19.3 Å². The smallest absolute Gasteiger partial charge is 1.00 e. The second-order valence-corrected chi connectivity index (χ2v) is 8.93. The van der Waals surface area contributed by atoms with Gasteiger partial charge in [0.1, 0.15) is 0 Å². The average Bonchev–Trinajstić information content (AvgIpc) is 2.59. The molecule has 0 atom stereocenters. The summed E-state index contributed by atoms with van der Waals surface area (Å²) in [6.07, 6.45) is 25.1. The van der Waals surface area contributed by atoms with Gasteiger partial charge in [-0.3, -0.25) is 4.52 Å². The Bertz CT molecular complexity index is 330. The van der Waals surface area contributed by atoms with E-state index in [1.54, 1.807) is 0 Å². The predicted molar refractivity (Wildman–Crippen MR) is 113 cm³/mol. The van der Waals surface area contributed by atoms with E-state index in [1.165, 1.54) is 103 Å². The third-order valence-corrected chi connectivity index (χ3v) is 5.53. The van der Waals surface area contributed by atoms with E-state index in [4.69, 9.17) is 9.79 Å². The van der Waals surface area contributed by atoms with Crippen LogP contribution in [0.15, 0.2) is 0 Å². The molecule has 6 heteroatoms. The van der Waals surface area contributed by atoms with Crippen molar-refractivity contribution in [3.63, 3.8) is 0 Å². The van der Waals surface area contributed by atoms with E-state index in [-0.39, 0.29) is 37.6 Å². The predicted octanol–water partition coefficient (Wildman–Crippen LogP) is 4.64. The number of phosphoric acid groups is 1. The Morgan fingerprint density at radius 2 is 0.852 bits per heavy atom. The van der Waals surface area contributed by atoms with E-state index in [0.29, 0.717) is 0 Å². The zero-order chi connectivity index (χ0) is 19.3. The quantitative estimate of drug-likeness (QED) is 0.162. The molecule has 0 aliphatic heterocycles. The normalized spacial score (nSPS) is 11.5. The maximum atomic E-state index is 10.5. The van der Waals surface area contributed by atoms with Gasteiger partial charge in [0.15, 0.2) is 0 Å². The molecule has 0 spiro atoms. The van der Waals surface area contributed by atoms with E-state index < -0.39 is 7.82 Å². The van der Waals surface area contributed by atoms with Crippen LogP contribution in [-0.4, -0.2) is 16.4 Å². The van der Waals surface area contributed by atoms with Gasteiger partial charge in [0, 0.05) is 0 Å². The van der Waals surface area contributed by atoms with Gasteiger partial charge in [-0.15, -0.1) is 0 Å². The minimum atomic E-state index is -4.26. The van der Waals surface area contributed by atoms with Crippen molar-refractivity contribution in [3.05, 3.63) is 0 Å². The van der Waals surface area contributed by atoms with Gasteiger partial charge in [0.2, 0.25) is 0 Å².